The summed E-state index contributed by atoms with van der Waals surface area (Å²) in [5.74, 6) is 2.93. The van der Waals surface area contributed by atoms with Gasteiger partial charge in [-0.3, -0.25) is 0 Å². The zero-order valence-electron chi connectivity index (χ0n) is 5.55. The summed E-state index contributed by atoms with van der Waals surface area (Å²) in [4.78, 5) is 1.44. The summed E-state index contributed by atoms with van der Waals surface area (Å²) in [5, 5.41) is 2.11. The normalized spacial score (nSPS) is 10.1. The first kappa shape index (κ1) is 8.44. The summed E-state index contributed by atoms with van der Waals surface area (Å²) >= 11 is 9.22. The van der Waals surface area contributed by atoms with Gasteiger partial charge in [0.2, 0.25) is 0 Å². The molecule has 0 spiro atoms. The van der Waals surface area contributed by atoms with Gasteiger partial charge in [-0.1, -0.05) is 6.07 Å². The number of hydrogen-bond acceptors (Lipinski definition) is 2. The maximum Gasteiger partial charge on any atom is 0.0314 e. The molecule has 3 heteroatoms. The van der Waals surface area contributed by atoms with Crippen LogP contribution in [-0.4, -0.2) is 11.6 Å². The van der Waals surface area contributed by atoms with Crippen LogP contribution in [0, 0.1) is 0 Å². The van der Waals surface area contributed by atoms with E-state index in [2.05, 4.69) is 17.5 Å². The molecule has 1 aromatic heterocycles. The lowest BCUT2D eigenvalue weighted by atomic mass is 10.5. The largest absolute Gasteiger partial charge is 0.155 e. The van der Waals surface area contributed by atoms with Gasteiger partial charge in [0.15, 0.2) is 0 Å². The zero-order chi connectivity index (χ0) is 7.23. The number of hydrogen-bond donors (Lipinski definition) is 0. The molecule has 0 aliphatic rings. The van der Waals surface area contributed by atoms with E-state index in [0.717, 1.165) is 17.4 Å². The summed E-state index contributed by atoms with van der Waals surface area (Å²) in [6.45, 7) is 0. The first-order valence-electron chi connectivity index (χ1n) is 3.09. The second kappa shape index (κ2) is 5.05. The van der Waals surface area contributed by atoms with E-state index < -0.39 is 0 Å². The predicted molar refractivity (Wildman–Crippen MR) is 51.2 cm³/mol. The fourth-order valence-electron chi connectivity index (χ4n) is 0.622. The Kier molecular flexibility index (Phi) is 4.26. The van der Waals surface area contributed by atoms with Gasteiger partial charge in [0.05, 0.1) is 0 Å². The van der Waals surface area contributed by atoms with Gasteiger partial charge in [-0.15, -0.1) is 22.9 Å². The molecule has 0 N–H and O–H groups in total. The lowest BCUT2D eigenvalue weighted by molar-refractivity contribution is 1.48. The molecule has 10 heavy (non-hydrogen) atoms. The first-order chi connectivity index (χ1) is 4.93. The molecule has 0 saturated heterocycles. The average Bonchev–Trinajstić information content (AvgIpc) is 2.41. The Morgan fingerprint density at radius 2 is 2.50 bits per heavy atom. The number of thioether (sulfide) groups is 1. The zero-order valence-corrected chi connectivity index (χ0v) is 7.94. The lowest BCUT2D eigenvalue weighted by Crippen LogP contribution is -1.79. The Balaban J connectivity index is 2.15. The summed E-state index contributed by atoms with van der Waals surface area (Å²) in [6.07, 6.45) is 0. The lowest BCUT2D eigenvalue weighted by Gasteiger charge is -1.93. The molecule has 1 aromatic rings. The highest BCUT2D eigenvalue weighted by molar-refractivity contribution is 7.98. The molecule has 0 saturated carbocycles. The average molecular weight is 193 g/mol. The fourth-order valence-corrected chi connectivity index (χ4v) is 2.51. The summed E-state index contributed by atoms with van der Waals surface area (Å²) in [6, 6.07) is 4.24. The quantitative estimate of drug-likeness (QED) is 0.522. The van der Waals surface area contributed by atoms with E-state index in [0.29, 0.717) is 0 Å². The minimum atomic E-state index is 0.760. The predicted octanol–water partition coefficient (Wildman–Crippen LogP) is 3.22. The van der Waals surface area contributed by atoms with Crippen molar-refractivity contribution in [1.29, 1.82) is 0 Å². The highest BCUT2D eigenvalue weighted by Crippen LogP contribution is 2.16. The third kappa shape index (κ3) is 2.95. The van der Waals surface area contributed by atoms with Crippen LogP contribution < -0.4 is 0 Å². The topological polar surface area (TPSA) is 0 Å². The van der Waals surface area contributed by atoms with Crippen molar-refractivity contribution in [2.75, 3.05) is 11.6 Å². The number of halogens is 1. The molecular weight excluding hydrogens is 184 g/mol. The molecule has 0 fully saturated rings. The van der Waals surface area contributed by atoms with Crippen molar-refractivity contribution >= 4 is 34.7 Å². The number of thiophene rings is 1. The van der Waals surface area contributed by atoms with E-state index in [1.165, 1.54) is 4.88 Å². The Morgan fingerprint density at radius 3 is 3.10 bits per heavy atom. The van der Waals surface area contributed by atoms with Crippen molar-refractivity contribution in [2.45, 2.75) is 5.75 Å². The van der Waals surface area contributed by atoms with E-state index in [1.54, 1.807) is 0 Å². The molecule has 0 aromatic carbocycles. The maximum atomic E-state index is 5.52. The van der Waals surface area contributed by atoms with E-state index in [9.17, 15) is 0 Å². The Bertz CT molecular complexity index is 160. The molecular formula is C7H9ClS2. The van der Waals surface area contributed by atoms with Crippen LogP contribution in [0.3, 0.4) is 0 Å². The van der Waals surface area contributed by atoms with Gasteiger partial charge in [0, 0.05) is 22.3 Å². The molecule has 0 atom stereocenters. The highest BCUT2D eigenvalue weighted by Gasteiger charge is 1.91. The van der Waals surface area contributed by atoms with Crippen molar-refractivity contribution in [2.24, 2.45) is 0 Å². The van der Waals surface area contributed by atoms with Crippen molar-refractivity contribution < 1.29 is 0 Å². The number of alkyl halides is 1. The third-order valence-corrected chi connectivity index (χ3v) is 3.53. The van der Waals surface area contributed by atoms with Gasteiger partial charge in [0.1, 0.15) is 0 Å². The summed E-state index contributed by atoms with van der Waals surface area (Å²) in [7, 11) is 0. The molecule has 0 bridgehead atoms. The van der Waals surface area contributed by atoms with Crippen LogP contribution in [0.2, 0.25) is 0 Å². The van der Waals surface area contributed by atoms with Crippen LogP contribution in [0.5, 0.6) is 0 Å². The Labute approximate surface area is 74.6 Å². The monoisotopic (exact) mass is 192 g/mol. The molecule has 0 amide bonds. The smallest absolute Gasteiger partial charge is 0.0314 e. The van der Waals surface area contributed by atoms with Crippen LogP contribution in [0.4, 0.5) is 0 Å². The van der Waals surface area contributed by atoms with E-state index >= 15 is 0 Å². The summed E-state index contributed by atoms with van der Waals surface area (Å²) < 4.78 is 0. The fraction of sp³-hybridized carbons (Fsp3) is 0.429. The molecule has 0 aliphatic carbocycles. The van der Waals surface area contributed by atoms with Crippen molar-refractivity contribution in [1.82, 2.24) is 0 Å². The molecule has 1 rings (SSSR count). The molecule has 56 valence electrons. The van der Waals surface area contributed by atoms with Gasteiger partial charge in [-0.25, -0.2) is 0 Å². The second-order valence-electron chi connectivity index (χ2n) is 1.82. The van der Waals surface area contributed by atoms with Gasteiger partial charge in [-0.2, -0.15) is 11.8 Å². The van der Waals surface area contributed by atoms with E-state index in [4.69, 9.17) is 11.6 Å². The number of rotatable bonds is 4. The molecule has 0 unspecified atom stereocenters. The minimum absolute atomic E-state index is 0.760. The van der Waals surface area contributed by atoms with Crippen LogP contribution in [0.15, 0.2) is 17.5 Å². The molecule has 0 aliphatic heterocycles. The van der Waals surface area contributed by atoms with E-state index in [1.807, 2.05) is 23.1 Å². The van der Waals surface area contributed by atoms with Crippen molar-refractivity contribution in [3.05, 3.63) is 22.4 Å². The van der Waals surface area contributed by atoms with Crippen LogP contribution >= 0.6 is 34.7 Å². The molecule has 0 radical (unpaired) electrons. The van der Waals surface area contributed by atoms with Gasteiger partial charge in [0.25, 0.3) is 0 Å². The first-order valence-corrected chi connectivity index (χ1v) is 5.66. The van der Waals surface area contributed by atoms with Gasteiger partial charge < -0.3 is 0 Å². The second-order valence-corrected chi connectivity index (χ2v) is 4.34. The van der Waals surface area contributed by atoms with Crippen LogP contribution in [0.25, 0.3) is 0 Å². The van der Waals surface area contributed by atoms with Crippen molar-refractivity contribution in [3.8, 4) is 0 Å². The molecule has 1 heterocycles. The van der Waals surface area contributed by atoms with Crippen LogP contribution in [0.1, 0.15) is 4.88 Å². The van der Waals surface area contributed by atoms with Gasteiger partial charge in [-0.05, 0) is 11.4 Å². The third-order valence-electron chi connectivity index (χ3n) is 1.05. The Hall–Kier alpha value is 0.340. The maximum absolute atomic E-state index is 5.52. The van der Waals surface area contributed by atoms with Gasteiger partial charge >= 0.3 is 0 Å². The molecule has 0 nitrogen and oxygen atoms in total. The SMILES string of the molecule is ClCCSCc1cccs1. The standard InChI is InChI=1S/C7H9ClS2/c8-3-5-9-6-7-2-1-4-10-7/h1-2,4H,3,5-6H2. The Morgan fingerprint density at radius 1 is 1.60 bits per heavy atom. The van der Waals surface area contributed by atoms with Crippen molar-refractivity contribution in [3.63, 3.8) is 0 Å². The minimum Gasteiger partial charge on any atom is -0.155 e. The summed E-state index contributed by atoms with van der Waals surface area (Å²) in [5.41, 5.74) is 0. The van der Waals surface area contributed by atoms with Crippen LogP contribution in [-0.2, 0) is 5.75 Å². The highest BCUT2D eigenvalue weighted by atomic mass is 35.5. The van der Waals surface area contributed by atoms with E-state index in [-0.39, 0.29) is 0 Å².